The molecule has 3 N–H and O–H groups in total. The van der Waals surface area contributed by atoms with Gasteiger partial charge >= 0.3 is 0 Å². The molecule has 0 aromatic heterocycles. The Morgan fingerprint density at radius 2 is 1.83 bits per heavy atom. The summed E-state index contributed by atoms with van der Waals surface area (Å²) in [4.78, 5) is 22.1. The summed E-state index contributed by atoms with van der Waals surface area (Å²) < 4.78 is 10.3. The van der Waals surface area contributed by atoms with Crippen LogP contribution in [0.1, 0.15) is 20.3 Å². The van der Waals surface area contributed by atoms with Crippen LogP contribution in [0.3, 0.4) is 0 Å². The molecular weight excluding hydrogens is 236 g/mol. The van der Waals surface area contributed by atoms with Gasteiger partial charge in [0, 0.05) is 13.0 Å². The molecule has 0 unspecified atom stereocenters. The van der Waals surface area contributed by atoms with Crippen LogP contribution in [0.2, 0.25) is 0 Å². The van der Waals surface area contributed by atoms with Crippen LogP contribution >= 0.6 is 0 Å². The fourth-order valence-electron chi connectivity index (χ4n) is 1.19. The van der Waals surface area contributed by atoms with Crippen molar-refractivity contribution in [2.24, 2.45) is 11.7 Å². The minimum atomic E-state index is -0.426. The molecule has 0 radical (unpaired) electrons. The van der Waals surface area contributed by atoms with Crippen LogP contribution in [0.15, 0.2) is 0 Å². The van der Waals surface area contributed by atoms with E-state index in [0.717, 1.165) is 6.29 Å². The number of amides is 1. The van der Waals surface area contributed by atoms with Crippen molar-refractivity contribution in [1.82, 2.24) is 5.32 Å². The van der Waals surface area contributed by atoms with E-state index < -0.39 is 6.04 Å². The zero-order valence-electron chi connectivity index (χ0n) is 11.2. The van der Waals surface area contributed by atoms with E-state index in [0.29, 0.717) is 33.0 Å². The van der Waals surface area contributed by atoms with Crippen LogP contribution in [-0.2, 0) is 19.1 Å². The first kappa shape index (κ1) is 17.0. The summed E-state index contributed by atoms with van der Waals surface area (Å²) in [5.41, 5.74) is 5.25. The van der Waals surface area contributed by atoms with E-state index in [2.05, 4.69) is 5.32 Å². The molecule has 6 heteroatoms. The van der Waals surface area contributed by atoms with E-state index in [-0.39, 0.29) is 18.2 Å². The molecule has 106 valence electrons. The number of hydrogen-bond donors (Lipinski definition) is 2. The molecule has 0 aromatic carbocycles. The van der Waals surface area contributed by atoms with Gasteiger partial charge in [0.1, 0.15) is 6.29 Å². The molecule has 0 bridgehead atoms. The highest BCUT2D eigenvalue weighted by Gasteiger charge is 2.14. The highest BCUT2D eigenvalue weighted by molar-refractivity contribution is 5.79. The predicted molar refractivity (Wildman–Crippen MR) is 68.1 cm³/mol. The fraction of sp³-hybridized carbons (Fsp3) is 0.833. The summed E-state index contributed by atoms with van der Waals surface area (Å²) in [5, 5.41) is 2.64. The fourth-order valence-corrected chi connectivity index (χ4v) is 1.19. The van der Waals surface area contributed by atoms with Gasteiger partial charge in [-0.25, -0.2) is 0 Å². The van der Waals surface area contributed by atoms with E-state index in [1.807, 2.05) is 13.8 Å². The second-order valence-corrected chi connectivity index (χ2v) is 4.24. The Morgan fingerprint density at radius 3 is 2.33 bits per heavy atom. The molecule has 0 heterocycles. The zero-order valence-corrected chi connectivity index (χ0v) is 11.2. The van der Waals surface area contributed by atoms with Gasteiger partial charge in [-0.3, -0.25) is 4.79 Å². The van der Waals surface area contributed by atoms with Crippen molar-refractivity contribution >= 4 is 12.2 Å². The third-order valence-electron chi connectivity index (χ3n) is 2.30. The lowest BCUT2D eigenvalue weighted by Gasteiger charge is -2.16. The van der Waals surface area contributed by atoms with Gasteiger partial charge in [0.05, 0.1) is 32.5 Å². The monoisotopic (exact) mass is 260 g/mol. The van der Waals surface area contributed by atoms with Crippen LogP contribution in [0.4, 0.5) is 0 Å². The van der Waals surface area contributed by atoms with Crippen LogP contribution in [0.5, 0.6) is 0 Å². The topological polar surface area (TPSA) is 90.7 Å². The number of carbonyl (C=O) groups is 2. The first-order chi connectivity index (χ1) is 8.61. The molecule has 6 nitrogen and oxygen atoms in total. The number of ether oxygens (including phenoxy) is 2. The van der Waals surface area contributed by atoms with Crippen LogP contribution in [0.25, 0.3) is 0 Å². The molecular formula is C12H24N2O4. The first-order valence-electron chi connectivity index (χ1n) is 6.22. The van der Waals surface area contributed by atoms with Gasteiger partial charge < -0.3 is 25.3 Å². The smallest absolute Gasteiger partial charge is 0.222 e. The Hall–Kier alpha value is -0.980. The van der Waals surface area contributed by atoms with Crippen molar-refractivity contribution in [3.63, 3.8) is 0 Å². The zero-order chi connectivity index (χ0) is 13.8. The maximum atomic E-state index is 11.5. The standard InChI is InChI=1S/C12H24N2O4/c1-10(2)11(9-15)14-12(16)3-5-17-7-8-18-6-4-13/h9-11H,3-8,13H2,1-2H3,(H,14,16)/t11-/m1/s1. The molecule has 0 aliphatic rings. The van der Waals surface area contributed by atoms with Gasteiger partial charge in [0.15, 0.2) is 0 Å². The Bertz CT molecular complexity index is 234. The van der Waals surface area contributed by atoms with E-state index in [4.69, 9.17) is 15.2 Å². The highest BCUT2D eigenvalue weighted by Crippen LogP contribution is 1.98. The van der Waals surface area contributed by atoms with E-state index in [1.54, 1.807) is 0 Å². The molecule has 0 aliphatic carbocycles. The minimum Gasteiger partial charge on any atom is -0.379 e. The Kier molecular flexibility index (Phi) is 10.5. The molecule has 0 rings (SSSR count). The van der Waals surface area contributed by atoms with Gasteiger partial charge in [-0.1, -0.05) is 13.8 Å². The molecule has 0 aliphatic heterocycles. The summed E-state index contributed by atoms with van der Waals surface area (Å²) in [6.07, 6.45) is 0.998. The van der Waals surface area contributed by atoms with Crippen molar-refractivity contribution in [3.8, 4) is 0 Å². The van der Waals surface area contributed by atoms with Gasteiger partial charge in [0.25, 0.3) is 0 Å². The van der Waals surface area contributed by atoms with Crippen molar-refractivity contribution in [2.75, 3.05) is 33.0 Å². The van der Waals surface area contributed by atoms with Gasteiger partial charge in [-0.2, -0.15) is 0 Å². The van der Waals surface area contributed by atoms with Crippen molar-refractivity contribution in [3.05, 3.63) is 0 Å². The Morgan fingerprint density at radius 1 is 1.22 bits per heavy atom. The SMILES string of the molecule is CC(C)[C@@H](C=O)NC(=O)CCOCCOCCN. The largest absolute Gasteiger partial charge is 0.379 e. The summed E-state index contributed by atoms with van der Waals surface area (Å²) in [7, 11) is 0. The first-order valence-corrected chi connectivity index (χ1v) is 6.22. The van der Waals surface area contributed by atoms with E-state index >= 15 is 0 Å². The second-order valence-electron chi connectivity index (χ2n) is 4.24. The lowest BCUT2D eigenvalue weighted by atomic mass is 10.1. The normalized spacial score (nSPS) is 12.4. The van der Waals surface area contributed by atoms with E-state index in [9.17, 15) is 9.59 Å². The molecule has 0 aromatic rings. The number of nitrogens with two attached hydrogens (primary N) is 1. The molecule has 0 saturated heterocycles. The maximum absolute atomic E-state index is 11.5. The lowest BCUT2D eigenvalue weighted by Crippen LogP contribution is -2.40. The van der Waals surface area contributed by atoms with Gasteiger partial charge in [-0.15, -0.1) is 0 Å². The van der Waals surface area contributed by atoms with Crippen LogP contribution < -0.4 is 11.1 Å². The van der Waals surface area contributed by atoms with Crippen LogP contribution in [-0.4, -0.2) is 51.2 Å². The summed E-state index contributed by atoms with van der Waals surface area (Å²) in [5.74, 6) is -0.0827. The molecule has 1 atom stereocenters. The molecule has 18 heavy (non-hydrogen) atoms. The molecule has 1 amide bonds. The Labute approximate surface area is 108 Å². The number of rotatable bonds is 11. The Balaban J connectivity index is 3.50. The molecule has 0 fully saturated rings. The van der Waals surface area contributed by atoms with Crippen molar-refractivity contribution in [2.45, 2.75) is 26.3 Å². The summed E-state index contributed by atoms with van der Waals surface area (Å²) >= 11 is 0. The number of aldehydes is 1. The number of hydrogen-bond acceptors (Lipinski definition) is 5. The van der Waals surface area contributed by atoms with Gasteiger partial charge in [-0.05, 0) is 5.92 Å². The molecule has 0 saturated carbocycles. The van der Waals surface area contributed by atoms with Crippen molar-refractivity contribution < 1.29 is 19.1 Å². The second kappa shape index (κ2) is 11.1. The molecule has 0 spiro atoms. The lowest BCUT2D eigenvalue weighted by molar-refractivity contribution is -0.125. The quantitative estimate of drug-likeness (QED) is 0.393. The minimum absolute atomic E-state index is 0.0945. The van der Waals surface area contributed by atoms with Crippen LogP contribution in [0, 0.1) is 5.92 Å². The maximum Gasteiger partial charge on any atom is 0.222 e. The van der Waals surface area contributed by atoms with Crippen molar-refractivity contribution in [1.29, 1.82) is 0 Å². The highest BCUT2D eigenvalue weighted by atomic mass is 16.5. The predicted octanol–water partition coefficient (Wildman–Crippen LogP) is -0.292. The average Bonchev–Trinajstić information content (AvgIpc) is 2.34. The van der Waals surface area contributed by atoms with E-state index in [1.165, 1.54) is 0 Å². The third kappa shape index (κ3) is 9.09. The van der Waals surface area contributed by atoms with Gasteiger partial charge in [0.2, 0.25) is 5.91 Å². The summed E-state index contributed by atoms with van der Waals surface area (Å²) in [6.45, 7) is 6.00. The average molecular weight is 260 g/mol. The number of carbonyl (C=O) groups excluding carboxylic acids is 2. The summed E-state index contributed by atoms with van der Waals surface area (Å²) in [6, 6.07) is -0.426. The third-order valence-corrected chi connectivity index (χ3v) is 2.30. The number of nitrogens with one attached hydrogen (secondary N) is 1.